The molecule has 3 rings (SSSR count). The average Bonchev–Trinajstić information content (AvgIpc) is 2.37. The number of aromatic nitrogens is 1. The number of nitrogens with zero attached hydrogens (tertiary/aromatic N) is 1. The molecular formula is C16H19N2+. The van der Waals surface area contributed by atoms with Gasteiger partial charge in [-0.2, -0.15) is 0 Å². The molecule has 1 aliphatic carbocycles. The van der Waals surface area contributed by atoms with Crippen LogP contribution < -0.4 is 9.88 Å². The second-order valence-corrected chi connectivity index (χ2v) is 5.02. The summed E-state index contributed by atoms with van der Waals surface area (Å²) in [5.41, 5.74) is 2.58. The largest absolute Gasteiger partial charge is 0.382 e. The van der Waals surface area contributed by atoms with Crippen LogP contribution in [0.15, 0.2) is 54.9 Å². The Morgan fingerprint density at radius 1 is 1.00 bits per heavy atom. The van der Waals surface area contributed by atoms with E-state index in [0.717, 1.165) is 6.54 Å². The van der Waals surface area contributed by atoms with Crippen LogP contribution in [0.25, 0.3) is 0 Å². The van der Waals surface area contributed by atoms with Crippen molar-refractivity contribution in [3.05, 3.63) is 60.4 Å². The minimum absolute atomic E-state index is 0.704. The third-order valence-corrected chi connectivity index (χ3v) is 3.58. The number of rotatable bonds is 4. The van der Waals surface area contributed by atoms with E-state index in [9.17, 15) is 0 Å². The maximum absolute atomic E-state index is 3.56. The molecule has 0 amide bonds. The Kier molecular flexibility index (Phi) is 3.26. The Hall–Kier alpha value is -1.83. The van der Waals surface area contributed by atoms with E-state index in [0.29, 0.717) is 6.04 Å². The van der Waals surface area contributed by atoms with Gasteiger partial charge < -0.3 is 5.32 Å². The SMILES string of the molecule is c1ccc(C[n+]2ccc(NC3CCC3)cc2)cc1. The molecule has 18 heavy (non-hydrogen) atoms. The molecule has 1 aromatic heterocycles. The monoisotopic (exact) mass is 239 g/mol. The molecule has 2 heteroatoms. The molecule has 92 valence electrons. The summed E-state index contributed by atoms with van der Waals surface area (Å²) in [6, 6.07) is 15.6. The third-order valence-electron chi connectivity index (χ3n) is 3.58. The number of nitrogens with one attached hydrogen (secondary N) is 1. The van der Waals surface area contributed by atoms with Gasteiger partial charge in [0.15, 0.2) is 18.9 Å². The van der Waals surface area contributed by atoms with Crippen molar-refractivity contribution in [2.75, 3.05) is 5.32 Å². The summed E-state index contributed by atoms with van der Waals surface area (Å²) < 4.78 is 2.21. The van der Waals surface area contributed by atoms with E-state index < -0.39 is 0 Å². The molecule has 0 atom stereocenters. The van der Waals surface area contributed by atoms with Gasteiger partial charge in [-0.05, 0) is 19.3 Å². The van der Waals surface area contributed by atoms with Crippen LogP contribution in [0, 0.1) is 0 Å². The van der Waals surface area contributed by atoms with Crippen molar-refractivity contribution in [3.63, 3.8) is 0 Å². The van der Waals surface area contributed by atoms with E-state index in [1.807, 2.05) is 0 Å². The maximum atomic E-state index is 3.56. The van der Waals surface area contributed by atoms with E-state index in [2.05, 4.69) is 64.7 Å². The van der Waals surface area contributed by atoms with E-state index in [1.165, 1.54) is 30.5 Å². The number of hydrogen-bond donors (Lipinski definition) is 1. The van der Waals surface area contributed by atoms with Gasteiger partial charge in [0.2, 0.25) is 0 Å². The number of hydrogen-bond acceptors (Lipinski definition) is 1. The Bertz CT molecular complexity index is 486. The van der Waals surface area contributed by atoms with Gasteiger partial charge >= 0.3 is 0 Å². The first-order chi connectivity index (χ1) is 8.90. The number of benzene rings is 1. The van der Waals surface area contributed by atoms with Gasteiger partial charge in [0, 0.05) is 29.4 Å². The first kappa shape index (κ1) is 11.3. The fourth-order valence-corrected chi connectivity index (χ4v) is 2.24. The number of pyridine rings is 1. The molecular weight excluding hydrogens is 220 g/mol. The van der Waals surface area contributed by atoms with Crippen LogP contribution in [0.5, 0.6) is 0 Å². The van der Waals surface area contributed by atoms with Crippen molar-refractivity contribution in [3.8, 4) is 0 Å². The second kappa shape index (κ2) is 5.21. The zero-order valence-corrected chi connectivity index (χ0v) is 10.5. The zero-order chi connectivity index (χ0) is 12.2. The van der Waals surface area contributed by atoms with Gasteiger partial charge in [-0.1, -0.05) is 30.3 Å². The normalized spacial score (nSPS) is 15.1. The highest BCUT2D eigenvalue weighted by molar-refractivity contribution is 5.41. The summed E-state index contributed by atoms with van der Waals surface area (Å²) in [6.45, 7) is 0.935. The van der Waals surface area contributed by atoms with Gasteiger partial charge in [0.05, 0.1) is 0 Å². The summed E-state index contributed by atoms with van der Waals surface area (Å²) in [5, 5.41) is 3.56. The van der Waals surface area contributed by atoms with Crippen LogP contribution in [-0.2, 0) is 6.54 Å². The van der Waals surface area contributed by atoms with Crippen LogP contribution >= 0.6 is 0 Å². The molecule has 1 saturated carbocycles. The molecule has 2 nitrogen and oxygen atoms in total. The molecule has 1 fully saturated rings. The molecule has 1 aliphatic rings. The van der Waals surface area contributed by atoms with Crippen molar-refractivity contribution in [1.82, 2.24) is 0 Å². The molecule has 0 saturated heterocycles. The molecule has 1 aromatic carbocycles. The summed E-state index contributed by atoms with van der Waals surface area (Å²) in [4.78, 5) is 0. The summed E-state index contributed by atoms with van der Waals surface area (Å²) in [6.07, 6.45) is 8.30. The molecule has 0 unspecified atom stereocenters. The van der Waals surface area contributed by atoms with Gasteiger partial charge in [-0.3, -0.25) is 0 Å². The highest BCUT2D eigenvalue weighted by atomic mass is 15.0. The van der Waals surface area contributed by atoms with E-state index in [4.69, 9.17) is 0 Å². The lowest BCUT2D eigenvalue weighted by atomic mass is 9.93. The van der Waals surface area contributed by atoms with Crippen molar-refractivity contribution in [1.29, 1.82) is 0 Å². The molecule has 1 heterocycles. The van der Waals surface area contributed by atoms with Crippen molar-refractivity contribution < 1.29 is 4.57 Å². The highest BCUT2D eigenvalue weighted by Gasteiger charge is 2.16. The van der Waals surface area contributed by atoms with Gasteiger partial charge in [-0.25, -0.2) is 4.57 Å². The Morgan fingerprint density at radius 3 is 2.33 bits per heavy atom. The maximum Gasteiger partial charge on any atom is 0.173 e. The summed E-state index contributed by atoms with van der Waals surface area (Å²) in [5.74, 6) is 0. The third kappa shape index (κ3) is 2.70. The van der Waals surface area contributed by atoms with Crippen LogP contribution in [0.1, 0.15) is 24.8 Å². The van der Waals surface area contributed by atoms with Gasteiger partial charge in [-0.15, -0.1) is 0 Å². The smallest absolute Gasteiger partial charge is 0.173 e. The van der Waals surface area contributed by atoms with E-state index in [-0.39, 0.29) is 0 Å². The predicted molar refractivity (Wildman–Crippen MR) is 73.4 cm³/mol. The van der Waals surface area contributed by atoms with E-state index >= 15 is 0 Å². The lowest BCUT2D eigenvalue weighted by Crippen LogP contribution is -2.33. The molecule has 1 N–H and O–H groups in total. The fraction of sp³-hybridized carbons (Fsp3) is 0.312. The van der Waals surface area contributed by atoms with Crippen molar-refractivity contribution in [2.45, 2.75) is 31.8 Å². The predicted octanol–water partition coefficient (Wildman–Crippen LogP) is 2.99. The minimum atomic E-state index is 0.704. The number of anilines is 1. The van der Waals surface area contributed by atoms with Crippen molar-refractivity contribution >= 4 is 5.69 Å². The van der Waals surface area contributed by atoms with Crippen LogP contribution in [0.2, 0.25) is 0 Å². The summed E-state index contributed by atoms with van der Waals surface area (Å²) in [7, 11) is 0. The fourth-order valence-electron chi connectivity index (χ4n) is 2.24. The first-order valence-electron chi connectivity index (χ1n) is 6.70. The zero-order valence-electron chi connectivity index (χ0n) is 10.5. The first-order valence-corrected chi connectivity index (χ1v) is 6.70. The van der Waals surface area contributed by atoms with Crippen molar-refractivity contribution in [2.24, 2.45) is 0 Å². The molecule has 2 aromatic rings. The molecule has 0 radical (unpaired) electrons. The second-order valence-electron chi connectivity index (χ2n) is 5.02. The lowest BCUT2D eigenvalue weighted by Gasteiger charge is -2.27. The van der Waals surface area contributed by atoms with E-state index in [1.54, 1.807) is 0 Å². The van der Waals surface area contributed by atoms with Crippen LogP contribution in [0.4, 0.5) is 5.69 Å². The lowest BCUT2D eigenvalue weighted by molar-refractivity contribution is -0.688. The highest BCUT2D eigenvalue weighted by Crippen LogP contribution is 2.22. The Labute approximate surface area is 108 Å². The minimum Gasteiger partial charge on any atom is -0.382 e. The van der Waals surface area contributed by atoms with Gasteiger partial charge in [0.1, 0.15) is 0 Å². The Balaban J connectivity index is 1.63. The van der Waals surface area contributed by atoms with Gasteiger partial charge in [0.25, 0.3) is 0 Å². The molecule has 0 spiro atoms. The summed E-state index contributed by atoms with van der Waals surface area (Å²) >= 11 is 0. The molecule has 0 bridgehead atoms. The van der Waals surface area contributed by atoms with Crippen LogP contribution in [0.3, 0.4) is 0 Å². The topological polar surface area (TPSA) is 15.9 Å². The van der Waals surface area contributed by atoms with Crippen LogP contribution in [-0.4, -0.2) is 6.04 Å². The average molecular weight is 239 g/mol. The Morgan fingerprint density at radius 2 is 1.72 bits per heavy atom. The quantitative estimate of drug-likeness (QED) is 0.811. The molecule has 0 aliphatic heterocycles. The standard InChI is InChI=1S/C16H18N2/c1-2-5-14(6-3-1)13-18-11-9-16(10-12-18)17-15-7-4-8-15/h1-3,5-6,9-12,15H,4,7-8,13H2/p+1.